The first kappa shape index (κ1) is 16.1. The molecule has 1 saturated heterocycles. The van der Waals surface area contributed by atoms with Crippen LogP contribution in [0.5, 0.6) is 0 Å². The Morgan fingerprint density at radius 1 is 1.25 bits per heavy atom. The van der Waals surface area contributed by atoms with Crippen LogP contribution >= 0.6 is 11.8 Å². The number of nitrogens with one attached hydrogen (secondary N) is 3. The lowest BCUT2D eigenvalue weighted by Gasteiger charge is -2.14. The summed E-state index contributed by atoms with van der Waals surface area (Å²) in [7, 11) is 0. The number of carbonyl (C=O) groups is 3. The van der Waals surface area contributed by atoms with Gasteiger partial charge in [-0.25, -0.2) is 0 Å². The van der Waals surface area contributed by atoms with Crippen LogP contribution in [0, 0.1) is 0 Å². The Morgan fingerprint density at radius 2 is 2.04 bits per heavy atom. The van der Waals surface area contributed by atoms with Gasteiger partial charge in [-0.2, -0.15) is 5.10 Å². The van der Waals surface area contributed by atoms with Gasteiger partial charge < -0.3 is 4.90 Å². The van der Waals surface area contributed by atoms with Gasteiger partial charge in [0.05, 0.1) is 5.69 Å². The van der Waals surface area contributed by atoms with Gasteiger partial charge in [-0.15, -0.1) is 0 Å². The Bertz CT molecular complexity index is 761. The molecule has 1 fully saturated rings. The van der Waals surface area contributed by atoms with Gasteiger partial charge in [-0.3, -0.25) is 30.3 Å². The fourth-order valence-corrected chi connectivity index (χ4v) is 3.00. The van der Waals surface area contributed by atoms with Gasteiger partial charge >= 0.3 is 0 Å². The second-order valence-corrected chi connectivity index (χ2v) is 6.12. The number of hydrazine groups is 1. The summed E-state index contributed by atoms with van der Waals surface area (Å²) < 4.78 is 0. The second-order valence-electron chi connectivity index (χ2n) is 5.07. The molecule has 1 aromatic carbocycles. The highest BCUT2D eigenvalue weighted by Gasteiger charge is 2.23. The molecule has 1 aromatic heterocycles. The highest BCUT2D eigenvalue weighted by Crippen LogP contribution is 2.17. The molecule has 1 aliphatic heterocycles. The molecule has 0 unspecified atom stereocenters. The fourth-order valence-electron chi connectivity index (χ4n) is 2.17. The van der Waals surface area contributed by atoms with Gasteiger partial charge in [0.1, 0.15) is 12.2 Å². The van der Waals surface area contributed by atoms with Crippen LogP contribution in [0.2, 0.25) is 0 Å². The summed E-state index contributed by atoms with van der Waals surface area (Å²) >= 11 is 1.18. The van der Waals surface area contributed by atoms with Crippen molar-refractivity contribution in [3.8, 4) is 11.3 Å². The third-order valence-corrected chi connectivity index (χ3v) is 4.28. The molecule has 3 N–H and O–H groups in total. The van der Waals surface area contributed by atoms with E-state index in [-0.39, 0.29) is 17.5 Å². The van der Waals surface area contributed by atoms with E-state index in [0.29, 0.717) is 18.0 Å². The molecule has 124 valence electrons. The lowest BCUT2D eigenvalue weighted by molar-refractivity contribution is -0.122. The van der Waals surface area contributed by atoms with Crippen LogP contribution in [0.25, 0.3) is 11.3 Å². The highest BCUT2D eigenvalue weighted by molar-refractivity contribution is 8.13. The fraction of sp³-hybridized carbons (Fsp3) is 0.200. The zero-order valence-corrected chi connectivity index (χ0v) is 13.4. The molecule has 3 rings (SSSR count). The second kappa shape index (κ2) is 7.18. The Hall–Kier alpha value is -2.81. The molecule has 0 atom stereocenters. The topological polar surface area (TPSA) is 107 Å². The van der Waals surface area contributed by atoms with Crippen LogP contribution in [0.4, 0.5) is 4.79 Å². The van der Waals surface area contributed by atoms with E-state index in [2.05, 4.69) is 21.0 Å². The Labute approximate surface area is 142 Å². The van der Waals surface area contributed by atoms with Gasteiger partial charge in [0, 0.05) is 17.9 Å². The molecule has 2 heterocycles. The van der Waals surface area contributed by atoms with E-state index in [4.69, 9.17) is 0 Å². The molecule has 3 amide bonds. The zero-order chi connectivity index (χ0) is 16.9. The quantitative estimate of drug-likeness (QED) is 0.717. The van der Waals surface area contributed by atoms with E-state index in [1.165, 1.54) is 16.7 Å². The average Bonchev–Trinajstić information content (AvgIpc) is 3.23. The minimum atomic E-state index is -0.514. The van der Waals surface area contributed by atoms with Crippen molar-refractivity contribution in [2.45, 2.75) is 0 Å². The summed E-state index contributed by atoms with van der Waals surface area (Å²) in [5, 5.41) is 6.57. The van der Waals surface area contributed by atoms with E-state index in [0.717, 1.165) is 5.56 Å². The number of H-pyrrole nitrogens is 1. The standard InChI is InChI=1S/C15H15N5O3S/c21-13(9-20-6-7-24-15(20)23)18-19-14(22)12-8-11(16-17-12)10-4-2-1-3-5-10/h1-5,8H,6-7,9H2,(H,16,17)(H,18,21)(H,19,22). The third-order valence-electron chi connectivity index (χ3n) is 3.39. The molecule has 0 spiro atoms. The van der Waals surface area contributed by atoms with E-state index in [1.807, 2.05) is 30.3 Å². The van der Waals surface area contributed by atoms with Crippen molar-refractivity contribution in [3.63, 3.8) is 0 Å². The van der Waals surface area contributed by atoms with Crippen molar-refractivity contribution in [3.05, 3.63) is 42.1 Å². The maximum absolute atomic E-state index is 12.0. The lowest BCUT2D eigenvalue weighted by Crippen LogP contribution is -2.46. The average molecular weight is 345 g/mol. The van der Waals surface area contributed by atoms with Crippen molar-refractivity contribution >= 4 is 28.8 Å². The number of thioether (sulfide) groups is 1. The van der Waals surface area contributed by atoms with Crippen LogP contribution in [0.15, 0.2) is 36.4 Å². The predicted molar refractivity (Wildman–Crippen MR) is 89.1 cm³/mol. The maximum Gasteiger partial charge on any atom is 0.287 e. The Balaban J connectivity index is 1.53. The number of rotatable bonds is 4. The van der Waals surface area contributed by atoms with E-state index in [1.54, 1.807) is 6.07 Å². The van der Waals surface area contributed by atoms with Crippen molar-refractivity contribution in [1.29, 1.82) is 0 Å². The predicted octanol–water partition coefficient (Wildman–Crippen LogP) is 1.01. The van der Waals surface area contributed by atoms with Gasteiger partial charge in [0.2, 0.25) is 0 Å². The number of benzene rings is 1. The number of hydrogen-bond donors (Lipinski definition) is 3. The Morgan fingerprint density at radius 3 is 2.75 bits per heavy atom. The van der Waals surface area contributed by atoms with Gasteiger partial charge in [-0.05, 0) is 6.07 Å². The number of carbonyl (C=O) groups excluding carboxylic acids is 3. The van der Waals surface area contributed by atoms with Gasteiger partial charge in [0.15, 0.2) is 0 Å². The zero-order valence-electron chi connectivity index (χ0n) is 12.6. The molecule has 0 saturated carbocycles. The van der Waals surface area contributed by atoms with E-state index in [9.17, 15) is 14.4 Å². The van der Waals surface area contributed by atoms with E-state index < -0.39 is 11.8 Å². The van der Waals surface area contributed by atoms with Crippen LogP contribution in [-0.2, 0) is 4.79 Å². The largest absolute Gasteiger partial charge is 0.323 e. The Kier molecular flexibility index (Phi) is 4.80. The first-order valence-electron chi connectivity index (χ1n) is 7.25. The SMILES string of the molecule is O=C(CN1CCSC1=O)NNC(=O)c1cc(-c2ccccc2)n[nH]1. The maximum atomic E-state index is 12.0. The van der Waals surface area contributed by atoms with Crippen molar-refractivity contribution in [1.82, 2.24) is 25.9 Å². The minimum Gasteiger partial charge on any atom is -0.323 e. The first-order chi connectivity index (χ1) is 11.6. The summed E-state index contributed by atoms with van der Waals surface area (Å²) in [5.74, 6) is -0.295. The molecule has 2 aromatic rings. The summed E-state index contributed by atoms with van der Waals surface area (Å²) in [5.41, 5.74) is 6.32. The first-order valence-corrected chi connectivity index (χ1v) is 8.24. The van der Waals surface area contributed by atoms with Crippen LogP contribution in [0.1, 0.15) is 10.5 Å². The van der Waals surface area contributed by atoms with Crippen LogP contribution in [0.3, 0.4) is 0 Å². The number of hydrogen-bond acceptors (Lipinski definition) is 5. The smallest absolute Gasteiger partial charge is 0.287 e. The summed E-state index contributed by atoms with van der Waals surface area (Å²) in [6, 6.07) is 11.0. The van der Waals surface area contributed by atoms with Crippen molar-refractivity contribution < 1.29 is 14.4 Å². The number of amides is 3. The molecule has 1 aliphatic rings. The molecule has 24 heavy (non-hydrogen) atoms. The van der Waals surface area contributed by atoms with Crippen molar-refractivity contribution in [2.75, 3.05) is 18.8 Å². The van der Waals surface area contributed by atoms with Crippen LogP contribution < -0.4 is 10.9 Å². The summed E-state index contributed by atoms with van der Waals surface area (Å²) in [4.78, 5) is 36.6. The monoisotopic (exact) mass is 345 g/mol. The van der Waals surface area contributed by atoms with Gasteiger partial charge in [-0.1, -0.05) is 42.1 Å². The molecule has 8 nitrogen and oxygen atoms in total. The molecule has 0 bridgehead atoms. The minimum absolute atomic E-state index is 0.0790. The number of nitrogens with zero attached hydrogens (tertiary/aromatic N) is 2. The van der Waals surface area contributed by atoms with Crippen molar-refractivity contribution in [2.24, 2.45) is 0 Å². The molecular formula is C15H15N5O3S. The van der Waals surface area contributed by atoms with Gasteiger partial charge in [0.25, 0.3) is 17.1 Å². The number of aromatic amines is 1. The van der Waals surface area contributed by atoms with E-state index >= 15 is 0 Å². The molecule has 9 heteroatoms. The van der Waals surface area contributed by atoms with Crippen LogP contribution in [-0.4, -0.2) is 51.0 Å². The normalized spacial score (nSPS) is 13.8. The third kappa shape index (κ3) is 3.74. The molecular weight excluding hydrogens is 330 g/mol. The molecule has 0 radical (unpaired) electrons. The summed E-state index contributed by atoms with van der Waals surface area (Å²) in [6.07, 6.45) is 0. The highest BCUT2D eigenvalue weighted by atomic mass is 32.2. The number of aromatic nitrogens is 2. The lowest BCUT2D eigenvalue weighted by atomic mass is 10.1. The summed E-state index contributed by atoms with van der Waals surface area (Å²) in [6.45, 7) is 0.455. The molecule has 0 aliphatic carbocycles.